The molecular formula is C41H32N2. The van der Waals surface area contributed by atoms with Crippen LogP contribution >= 0.6 is 0 Å². The predicted molar refractivity (Wildman–Crippen MR) is 179 cm³/mol. The number of hydrogen-bond donors (Lipinski definition) is 0. The first-order chi connectivity index (χ1) is 21.3. The minimum absolute atomic E-state index is 0.977. The van der Waals surface area contributed by atoms with Crippen molar-refractivity contribution in [3.05, 3.63) is 157 Å². The van der Waals surface area contributed by atoms with Gasteiger partial charge in [0, 0.05) is 27.9 Å². The second-order valence-corrected chi connectivity index (χ2v) is 11.5. The van der Waals surface area contributed by atoms with Gasteiger partial charge < -0.3 is 4.57 Å². The van der Waals surface area contributed by atoms with Crippen LogP contribution in [-0.4, -0.2) is 9.55 Å². The van der Waals surface area contributed by atoms with Gasteiger partial charge in [0.1, 0.15) is 0 Å². The maximum Gasteiger partial charge on any atom is 0.0715 e. The lowest BCUT2D eigenvalue weighted by Gasteiger charge is -2.17. The van der Waals surface area contributed by atoms with Gasteiger partial charge in [-0.15, -0.1) is 0 Å². The fraction of sp³-hybridized carbons (Fsp3) is 0.0976. The average Bonchev–Trinajstić information content (AvgIpc) is 3.43. The van der Waals surface area contributed by atoms with Gasteiger partial charge in [0.05, 0.1) is 16.9 Å². The first-order valence-corrected chi connectivity index (χ1v) is 15.3. The topological polar surface area (TPSA) is 17.8 Å². The molecule has 1 aliphatic carbocycles. The Hall–Kier alpha value is -5.21. The van der Waals surface area contributed by atoms with Crippen LogP contribution in [0.5, 0.6) is 0 Å². The molecule has 0 unspecified atom stereocenters. The van der Waals surface area contributed by atoms with Gasteiger partial charge in [0.2, 0.25) is 0 Å². The molecule has 0 atom stereocenters. The molecular weight excluding hydrogens is 520 g/mol. The quantitative estimate of drug-likeness (QED) is 0.208. The monoisotopic (exact) mass is 552 g/mol. The zero-order valence-corrected chi connectivity index (χ0v) is 24.1. The molecule has 2 aromatic heterocycles. The van der Waals surface area contributed by atoms with Crippen LogP contribution in [0, 0.1) is 0 Å². The molecule has 8 rings (SSSR count). The van der Waals surface area contributed by atoms with Crippen molar-refractivity contribution in [1.82, 2.24) is 9.55 Å². The van der Waals surface area contributed by atoms with Gasteiger partial charge in [0.25, 0.3) is 0 Å². The van der Waals surface area contributed by atoms with E-state index >= 15 is 0 Å². The van der Waals surface area contributed by atoms with Gasteiger partial charge in [-0.05, 0) is 83.8 Å². The molecule has 0 saturated carbocycles. The predicted octanol–water partition coefficient (Wildman–Crippen LogP) is 10.6. The molecule has 43 heavy (non-hydrogen) atoms. The molecule has 2 heteroatoms. The van der Waals surface area contributed by atoms with E-state index in [0.717, 1.165) is 28.9 Å². The van der Waals surface area contributed by atoms with Gasteiger partial charge in [-0.2, -0.15) is 0 Å². The zero-order valence-electron chi connectivity index (χ0n) is 24.1. The lowest BCUT2D eigenvalue weighted by Crippen LogP contribution is -2.06. The Morgan fingerprint density at radius 1 is 0.442 bits per heavy atom. The third-order valence-corrected chi connectivity index (χ3v) is 8.82. The Balaban J connectivity index is 1.20. The lowest BCUT2D eigenvalue weighted by molar-refractivity contribution is 0.667. The first kappa shape index (κ1) is 25.5. The highest BCUT2D eigenvalue weighted by Gasteiger charge is 2.20. The van der Waals surface area contributed by atoms with Crippen molar-refractivity contribution in [2.24, 2.45) is 0 Å². The number of pyridine rings is 1. The molecule has 0 bridgehead atoms. The Morgan fingerprint density at radius 2 is 0.953 bits per heavy atom. The number of rotatable bonds is 5. The summed E-state index contributed by atoms with van der Waals surface area (Å²) in [6.07, 6.45) is 4.86. The second-order valence-electron chi connectivity index (χ2n) is 11.5. The standard InChI is InChI=1S/C41H32N2/c1-3-11-29(12-4-1)30-19-21-33(22-20-30)39-28-34(27-38(42-39)32-13-5-2-6-14-32)31-23-25-35(26-24-31)43-40-17-9-7-15-36(40)37-16-8-10-18-41(37)43/h1-7,9,11-15,17,19-28H,8,10,16,18H2. The highest BCUT2D eigenvalue weighted by molar-refractivity contribution is 5.88. The van der Waals surface area contributed by atoms with Gasteiger partial charge in [-0.1, -0.05) is 115 Å². The van der Waals surface area contributed by atoms with Crippen molar-refractivity contribution in [3.8, 4) is 50.5 Å². The number of nitrogens with zero attached hydrogens (tertiary/aromatic N) is 2. The summed E-state index contributed by atoms with van der Waals surface area (Å²) in [5, 5.41) is 1.41. The number of hydrogen-bond acceptors (Lipinski definition) is 1. The van der Waals surface area contributed by atoms with Crippen LogP contribution in [0.15, 0.2) is 146 Å². The Kier molecular flexibility index (Phi) is 6.46. The molecule has 206 valence electrons. The summed E-state index contributed by atoms with van der Waals surface area (Å²) in [6, 6.07) is 52.2. The number of aryl methyl sites for hydroxylation is 1. The van der Waals surface area contributed by atoms with Gasteiger partial charge in [0.15, 0.2) is 0 Å². The van der Waals surface area contributed by atoms with E-state index in [9.17, 15) is 0 Å². The Bertz CT molecular complexity index is 2030. The summed E-state index contributed by atoms with van der Waals surface area (Å²) >= 11 is 0. The van der Waals surface area contributed by atoms with E-state index < -0.39 is 0 Å². The number of benzene rings is 5. The van der Waals surface area contributed by atoms with E-state index in [1.54, 1.807) is 0 Å². The number of fused-ring (bicyclic) bond motifs is 3. The summed E-state index contributed by atoms with van der Waals surface area (Å²) in [5.41, 5.74) is 14.5. The summed E-state index contributed by atoms with van der Waals surface area (Å²) in [4.78, 5) is 5.14. The molecule has 0 aliphatic heterocycles. The highest BCUT2D eigenvalue weighted by atomic mass is 15.0. The largest absolute Gasteiger partial charge is 0.313 e. The molecule has 5 aromatic carbocycles. The van der Waals surface area contributed by atoms with Crippen LogP contribution in [-0.2, 0) is 12.8 Å². The third-order valence-electron chi connectivity index (χ3n) is 8.82. The van der Waals surface area contributed by atoms with E-state index in [2.05, 4.69) is 150 Å². The summed E-state index contributed by atoms with van der Waals surface area (Å²) < 4.78 is 2.50. The molecule has 0 N–H and O–H groups in total. The number of para-hydroxylation sites is 1. The third kappa shape index (κ3) is 4.75. The molecule has 7 aromatic rings. The minimum Gasteiger partial charge on any atom is -0.313 e. The van der Waals surface area contributed by atoms with E-state index in [1.807, 2.05) is 0 Å². The Morgan fingerprint density at radius 3 is 1.67 bits per heavy atom. The van der Waals surface area contributed by atoms with Crippen molar-refractivity contribution in [1.29, 1.82) is 0 Å². The van der Waals surface area contributed by atoms with E-state index in [4.69, 9.17) is 4.98 Å². The molecule has 0 fully saturated rings. The zero-order chi connectivity index (χ0) is 28.6. The van der Waals surface area contributed by atoms with E-state index in [1.165, 1.54) is 69.4 Å². The van der Waals surface area contributed by atoms with Crippen molar-refractivity contribution in [3.63, 3.8) is 0 Å². The number of aromatic nitrogens is 2. The van der Waals surface area contributed by atoms with Crippen LogP contribution in [0.1, 0.15) is 24.1 Å². The van der Waals surface area contributed by atoms with Crippen LogP contribution in [0.4, 0.5) is 0 Å². The van der Waals surface area contributed by atoms with Crippen LogP contribution in [0.25, 0.3) is 61.4 Å². The maximum absolute atomic E-state index is 5.14. The van der Waals surface area contributed by atoms with Crippen LogP contribution in [0.3, 0.4) is 0 Å². The second kappa shape index (κ2) is 10.9. The normalized spacial score (nSPS) is 12.7. The van der Waals surface area contributed by atoms with Crippen molar-refractivity contribution in [2.75, 3.05) is 0 Å². The van der Waals surface area contributed by atoms with Crippen molar-refractivity contribution >= 4 is 10.9 Å². The SMILES string of the molecule is c1ccc(-c2ccc(-c3cc(-c4ccc(-n5c6c(c7ccccc75)CCCC6)cc4)cc(-c4ccccc4)n3)cc2)cc1. The van der Waals surface area contributed by atoms with E-state index in [0.29, 0.717) is 0 Å². The van der Waals surface area contributed by atoms with Crippen LogP contribution in [0.2, 0.25) is 0 Å². The molecule has 2 nitrogen and oxygen atoms in total. The molecule has 0 radical (unpaired) electrons. The van der Waals surface area contributed by atoms with Crippen molar-refractivity contribution in [2.45, 2.75) is 25.7 Å². The van der Waals surface area contributed by atoms with Gasteiger partial charge >= 0.3 is 0 Å². The summed E-state index contributed by atoms with van der Waals surface area (Å²) in [7, 11) is 0. The highest BCUT2D eigenvalue weighted by Crippen LogP contribution is 2.36. The minimum atomic E-state index is 0.977. The molecule has 1 aliphatic rings. The van der Waals surface area contributed by atoms with E-state index in [-0.39, 0.29) is 0 Å². The lowest BCUT2D eigenvalue weighted by atomic mass is 9.95. The molecule has 0 amide bonds. The van der Waals surface area contributed by atoms with Gasteiger partial charge in [-0.25, -0.2) is 4.98 Å². The fourth-order valence-corrected chi connectivity index (χ4v) is 6.66. The van der Waals surface area contributed by atoms with Crippen molar-refractivity contribution < 1.29 is 0 Å². The maximum atomic E-state index is 5.14. The first-order valence-electron chi connectivity index (χ1n) is 15.3. The smallest absolute Gasteiger partial charge is 0.0715 e. The van der Waals surface area contributed by atoms with Crippen LogP contribution < -0.4 is 0 Å². The summed E-state index contributed by atoms with van der Waals surface area (Å²) in [5.74, 6) is 0. The molecule has 0 spiro atoms. The molecule has 0 saturated heterocycles. The molecule has 2 heterocycles. The summed E-state index contributed by atoms with van der Waals surface area (Å²) in [6.45, 7) is 0. The van der Waals surface area contributed by atoms with Gasteiger partial charge in [-0.3, -0.25) is 0 Å². The Labute approximate surface area is 252 Å². The fourth-order valence-electron chi connectivity index (χ4n) is 6.66. The average molecular weight is 553 g/mol.